The van der Waals surface area contributed by atoms with E-state index in [9.17, 15) is 9.18 Å². The minimum absolute atomic E-state index is 0.0684. The fraction of sp³-hybridized carbons (Fsp3) is 0.600. The summed E-state index contributed by atoms with van der Waals surface area (Å²) in [5, 5.41) is 3.37. The number of nitrogens with one attached hydrogen (secondary N) is 1. The van der Waals surface area contributed by atoms with Crippen molar-refractivity contribution in [1.29, 1.82) is 0 Å². The van der Waals surface area contributed by atoms with Gasteiger partial charge in [-0.05, 0) is 43.9 Å². The first kappa shape index (κ1) is 18.8. The van der Waals surface area contributed by atoms with E-state index in [1.54, 1.807) is 6.07 Å². The number of thiazole rings is 1. The van der Waals surface area contributed by atoms with Gasteiger partial charge in [-0.15, -0.1) is 0 Å². The van der Waals surface area contributed by atoms with Gasteiger partial charge in [0, 0.05) is 13.1 Å². The molecule has 1 aromatic heterocycles. The predicted molar refractivity (Wildman–Crippen MR) is 106 cm³/mol. The van der Waals surface area contributed by atoms with E-state index in [4.69, 9.17) is 4.74 Å². The summed E-state index contributed by atoms with van der Waals surface area (Å²) in [6, 6.07) is 4.46. The molecule has 0 bridgehead atoms. The minimum Gasteiger partial charge on any atom is -0.375 e. The van der Waals surface area contributed by atoms with E-state index in [0.717, 1.165) is 30.6 Å². The van der Waals surface area contributed by atoms with Crippen molar-refractivity contribution in [1.82, 2.24) is 9.88 Å². The number of likely N-dealkylation sites (tertiary alicyclic amines) is 1. The Hall–Kier alpha value is -1.57. The number of nitrogens with zero attached hydrogens (tertiary/aromatic N) is 2. The SMILES string of the molecule is O=C(CN1CCC(OC2CCCCC2)CC1)Nc1nc2ccc(F)cc2s1. The van der Waals surface area contributed by atoms with Crippen LogP contribution in [0.2, 0.25) is 0 Å². The number of hydrogen-bond acceptors (Lipinski definition) is 5. The third-order valence-electron chi connectivity index (χ3n) is 5.44. The molecule has 0 unspecified atom stereocenters. The van der Waals surface area contributed by atoms with Gasteiger partial charge in [0.25, 0.3) is 0 Å². The topological polar surface area (TPSA) is 54.5 Å². The highest BCUT2D eigenvalue weighted by atomic mass is 32.1. The number of carbonyl (C=O) groups is 1. The number of aromatic nitrogens is 1. The number of rotatable bonds is 5. The molecule has 0 spiro atoms. The number of amides is 1. The zero-order valence-electron chi connectivity index (χ0n) is 15.5. The van der Waals surface area contributed by atoms with E-state index < -0.39 is 0 Å². The second-order valence-corrected chi connectivity index (χ2v) is 8.58. The molecular weight excluding hydrogens is 365 g/mol. The molecule has 1 aliphatic carbocycles. The zero-order chi connectivity index (χ0) is 18.6. The molecule has 1 aromatic carbocycles. The van der Waals surface area contributed by atoms with Gasteiger partial charge in [-0.1, -0.05) is 30.6 Å². The fourth-order valence-electron chi connectivity index (χ4n) is 3.99. The number of carbonyl (C=O) groups excluding carboxylic acids is 1. The maximum absolute atomic E-state index is 13.3. The third kappa shape index (κ3) is 5.03. The van der Waals surface area contributed by atoms with Crippen LogP contribution in [-0.4, -0.2) is 47.6 Å². The largest absolute Gasteiger partial charge is 0.375 e. The molecule has 2 heterocycles. The highest BCUT2D eigenvalue weighted by Crippen LogP contribution is 2.27. The van der Waals surface area contributed by atoms with Crippen LogP contribution >= 0.6 is 11.3 Å². The zero-order valence-corrected chi connectivity index (χ0v) is 16.3. The molecule has 1 saturated heterocycles. The molecule has 27 heavy (non-hydrogen) atoms. The first-order valence-electron chi connectivity index (χ1n) is 9.89. The van der Waals surface area contributed by atoms with Crippen molar-refractivity contribution < 1.29 is 13.9 Å². The highest BCUT2D eigenvalue weighted by Gasteiger charge is 2.25. The van der Waals surface area contributed by atoms with Crippen molar-refractivity contribution in [2.45, 2.75) is 57.2 Å². The molecule has 4 rings (SSSR count). The summed E-state index contributed by atoms with van der Waals surface area (Å²) >= 11 is 1.30. The van der Waals surface area contributed by atoms with E-state index in [1.165, 1.54) is 55.6 Å². The molecular formula is C20H26FN3O2S. The van der Waals surface area contributed by atoms with Crippen molar-refractivity contribution in [3.63, 3.8) is 0 Å². The van der Waals surface area contributed by atoms with E-state index >= 15 is 0 Å². The molecule has 1 saturated carbocycles. The van der Waals surface area contributed by atoms with Gasteiger partial charge in [-0.25, -0.2) is 9.37 Å². The molecule has 7 heteroatoms. The van der Waals surface area contributed by atoms with Crippen LogP contribution in [0.4, 0.5) is 9.52 Å². The second kappa shape index (κ2) is 8.63. The van der Waals surface area contributed by atoms with E-state index in [2.05, 4.69) is 15.2 Å². The molecule has 0 atom stereocenters. The van der Waals surface area contributed by atoms with Crippen LogP contribution < -0.4 is 5.32 Å². The Balaban J connectivity index is 1.23. The predicted octanol–water partition coefficient (Wildman–Crippen LogP) is 4.19. The monoisotopic (exact) mass is 391 g/mol. The number of ether oxygens (including phenoxy) is 1. The Morgan fingerprint density at radius 1 is 1.19 bits per heavy atom. The van der Waals surface area contributed by atoms with Crippen LogP contribution in [0, 0.1) is 5.82 Å². The average molecular weight is 392 g/mol. The summed E-state index contributed by atoms with van der Waals surface area (Å²) in [5.41, 5.74) is 0.706. The van der Waals surface area contributed by atoms with Gasteiger partial charge in [0.1, 0.15) is 5.82 Å². The maximum Gasteiger partial charge on any atom is 0.240 e. The molecule has 146 valence electrons. The summed E-state index contributed by atoms with van der Waals surface area (Å²) in [6.45, 7) is 2.13. The van der Waals surface area contributed by atoms with Crippen LogP contribution in [0.1, 0.15) is 44.9 Å². The van der Waals surface area contributed by atoms with E-state index in [-0.39, 0.29) is 11.7 Å². The maximum atomic E-state index is 13.3. The highest BCUT2D eigenvalue weighted by molar-refractivity contribution is 7.22. The quantitative estimate of drug-likeness (QED) is 0.830. The number of piperidine rings is 1. The van der Waals surface area contributed by atoms with Crippen molar-refractivity contribution in [3.05, 3.63) is 24.0 Å². The third-order valence-corrected chi connectivity index (χ3v) is 6.37. The van der Waals surface area contributed by atoms with E-state index in [0.29, 0.717) is 29.4 Å². The van der Waals surface area contributed by atoms with Crippen molar-refractivity contribution in [3.8, 4) is 0 Å². The van der Waals surface area contributed by atoms with Gasteiger partial charge >= 0.3 is 0 Å². The molecule has 1 N–H and O–H groups in total. The lowest BCUT2D eigenvalue weighted by Gasteiger charge is -2.34. The van der Waals surface area contributed by atoms with Gasteiger partial charge in [0.15, 0.2) is 5.13 Å². The normalized spacial score (nSPS) is 20.2. The number of benzene rings is 1. The standard InChI is InChI=1S/C20H26FN3O2S/c21-14-6-7-17-18(12-14)27-20(22-17)23-19(25)13-24-10-8-16(9-11-24)26-15-4-2-1-3-5-15/h6-7,12,15-16H,1-5,8-11,13H2,(H,22,23,25). The Morgan fingerprint density at radius 2 is 1.93 bits per heavy atom. The molecule has 2 fully saturated rings. The number of fused-ring (bicyclic) bond motifs is 1. The van der Waals surface area contributed by atoms with Gasteiger partial charge < -0.3 is 10.1 Å². The lowest BCUT2D eigenvalue weighted by atomic mass is 9.97. The second-order valence-electron chi connectivity index (χ2n) is 7.55. The van der Waals surface area contributed by atoms with Gasteiger partial charge in [0.2, 0.25) is 5.91 Å². The van der Waals surface area contributed by atoms with Crippen LogP contribution in [0.15, 0.2) is 18.2 Å². The minimum atomic E-state index is -0.289. The molecule has 1 aliphatic heterocycles. The van der Waals surface area contributed by atoms with Crippen molar-refractivity contribution in [2.75, 3.05) is 25.0 Å². The summed E-state index contributed by atoms with van der Waals surface area (Å²) < 4.78 is 20.3. The fourth-order valence-corrected chi connectivity index (χ4v) is 4.90. The Labute approximate surface area is 162 Å². The molecule has 2 aliphatic rings. The summed E-state index contributed by atoms with van der Waals surface area (Å²) in [7, 11) is 0. The van der Waals surface area contributed by atoms with Crippen LogP contribution in [-0.2, 0) is 9.53 Å². The molecule has 2 aromatic rings. The Morgan fingerprint density at radius 3 is 2.70 bits per heavy atom. The van der Waals surface area contributed by atoms with Crippen molar-refractivity contribution >= 4 is 32.6 Å². The molecule has 0 radical (unpaired) electrons. The number of hydrogen-bond donors (Lipinski definition) is 1. The van der Waals surface area contributed by atoms with Crippen molar-refractivity contribution in [2.24, 2.45) is 0 Å². The summed E-state index contributed by atoms with van der Waals surface area (Å²) in [4.78, 5) is 18.8. The molecule has 1 amide bonds. The van der Waals surface area contributed by atoms with Crippen LogP contribution in [0.5, 0.6) is 0 Å². The average Bonchev–Trinajstić information content (AvgIpc) is 3.05. The van der Waals surface area contributed by atoms with E-state index in [1.807, 2.05) is 0 Å². The summed E-state index contributed by atoms with van der Waals surface area (Å²) in [5.74, 6) is -0.358. The lowest BCUT2D eigenvalue weighted by molar-refractivity contribution is -0.118. The number of anilines is 1. The van der Waals surface area contributed by atoms with Crippen LogP contribution in [0.25, 0.3) is 10.2 Å². The van der Waals surface area contributed by atoms with Gasteiger partial charge in [0.05, 0.1) is 29.0 Å². The molecule has 5 nitrogen and oxygen atoms in total. The smallest absolute Gasteiger partial charge is 0.240 e. The number of halogens is 1. The van der Waals surface area contributed by atoms with Gasteiger partial charge in [-0.2, -0.15) is 0 Å². The lowest BCUT2D eigenvalue weighted by Crippen LogP contribution is -2.42. The Kier molecular flexibility index (Phi) is 6.00. The van der Waals surface area contributed by atoms with Crippen LogP contribution in [0.3, 0.4) is 0 Å². The first-order valence-corrected chi connectivity index (χ1v) is 10.7. The summed E-state index contributed by atoms with van der Waals surface area (Å²) in [6.07, 6.45) is 9.10. The van der Waals surface area contributed by atoms with Gasteiger partial charge in [-0.3, -0.25) is 9.69 Å². The first-order chi connectivity index (χ1) is 13.2. The Bertz CT molecular complexity index is 783.